The van der Waals surface area contributed by atoms with Gasteiger partial charge in [-0.3, -0.25) is 4.98 Å². The molecule has 2 N–H and O–H groups in total. The maximum atomic E-state index is 9.72. The fourth-order valence-corrected chi connectivity index (χ4v) is 3.78. The molecule has 1 unspecified atom stereocenters. The molecule has 6 heteroatoms. The van der Waals surface area contributed by atoms with E-state index in [0.717, 1.165) is 26.7 Å². The second kappa shape index (κ2) is 9.32. The van der Waals surface area contributed by atoms with Gasteiger partial charge in [-0.1, -0.05) is 50.9 Å². The first-order chi connectivity index (χ1) is 13.5. The number of aryl methyl sites for hydroxylation is 1. The van der Waals surface area contributed by atoms with Crippen molar-refractivity contribution < 1.29 is 10.3 Å². The van der Waals surface area contributed by atoms with Gasteiger partial charge in [0.15, 0.2) is 0 Å². The first-order valence-corrected chi connectivity index (χ1v) is 9.97. The summed E-state index contributed by atoms with van der Waals surface area (Å²) in [6.45, 7) is 1.86. The normalized spacial score (nSPS) is 12.8. The summed E-state index contributed by atoms with van der Waals surface area (Å²) >= 11 is 9.63. The summed E-state index contributed by atoms with van der Waals surface area (Å²) in [5, 5.41) is 23.3. The molecule has 4 nitrogen and oxygen atoms in total. The third-order valence-corrected chi connectivity index (χ3v) is 5.47. The van der Waals surface area contributed by atoms with Crippen molar-refractivity contribution in [3.63, 3.8) is 0 Å². The number of hydrogen-bond acceptors (Lipinski definition) is 4. The number of benzene rings is 2. The lowest BCUT2D eigenvalue weighted by Gasteiger charge is -2.21. The Labute approximate surface area is 177 Å². The van der Waals surface area contributed by atoms with E-state index in [-0.39, 0.29) is 12.5 Å². The Morgan fingerprint density at radius 2 is 1.89 bits per heavy atom. The van der Waals surface area contributed by atoms with Crippen LogP contribution in [0.3, 0.4) is 0 Å². The molecule has 144 valence electrons. The summed E-state index contributed by atoms with van der Waals surface area (Å²) in [7, 11) is 0. The quantitative estimate of drug-likeness (QED) is 0.282. The molecule has 28 heavy (non-hydrogen) atoms. The van der Waals surface area contributed by atoms with Crippen LogP contribution in [0.4, 0.5) is 0 Å². The van der Waals surface area contributed by atoms with E-state index < -0.39 is 0 Å². The van der Waals surface area contributed by atoms with E-state index >= 15 is 0 Å². The summed E-state index contributed by atoms with van der Waals surface area (Å²) in [4.78, 5) is 4.10. The summed E-state index contributed by atoms with van der Waals surface area (Å²) in [5.41, 5.74) is 5.08. The Balaban J connectivity index is 2.04. The van der Waals surface area contributed by atoms with Crippen LogP contribution in [0, 0.1) is 6.92 Å². The fraction of sp³-hybridized carbons (Fsp3) is 0.182. The minimum atomic E-state index is -0.168. The van der Waals surface area contributed by atoms with Crippen molar-refractivity contribution in [1.82, 2.24) is 4.98 Å². The molecule has 0 amide bonds. The van der Waals surface area contributed by atoms with Crippen LogP contribution in [0.2, 0.25) is 5.02 Å². The smallest absolute Gasteiger partial charge is 0.0878 e. The second-order valence-electron chi connectivity index (χ2n) is 6.55. The van der Waals surface area contributed by atoms with Crippen molar-refractivity contribution >= 4 is 33.2 Å². The van der Waals surface area contributed by atoms with Crippen molar-refractivity contribution in [3.8, 4) is 0 Å². The highest BCUT2D eigenvalue weighted by atomic mass is 79.9. The first-order valence-electron chi connectivity index (χ1n) is 8.80. The lowest BCUT2D eigenvalue weighted by atomic mass is 9.83. The number of nitrogens with zero attached hydrogens (tertiary/aromatic N) is 2. The van der Waals surface area contributed by atoms with Gasteiger partial charge in [-0.05, 0) is 60.0 Å². The SMILES string of the molecule is Cc1cc(Cl)ccc1C(CC(=NO)c1ccnc(CO)c1)c1ccc(Br)cc1. The van der Waals surface area contributed by atoms with E-state index in [2.05, 4.69) is 38.2 Å². The summed E-state index contributed by atoms with van der Waals surface area (Å²) in [6.07, 6.45) is 2.09. The molecular weight excluding hydrogens is 440 g/mol. The average Bonchev–Trinajstić information content (AvgIpc) is 2.70. The maximum Gasteiger partial charge on any atom is 0.0878 e. The fourth-order valence-electron chi connectivity index (χ4n) is 3.29. The lowest BCUT2D eigenvalue weighted by molar-refractivity contribution is 0.277. The van der Waals surface area contributed by atoms with Gasteiger partial charge in [-0.2, -0.15) is 0 Å². The zero-order valence-corrected chi connectivity index (χ0v) is 17.7. The lowest BCUT2D eigenvalue weighted by Crippen LogP contribution is -2.12. The molecule has 0 radical (unpaired) electrons. The number of aliphatic hydroxyl groups is 1. The van der Waals surface area contributed by atoms with Crippen LogP contribution in [0.5, 0.6) is 0 Å². The molecule has 0 bridgehead atoms. The van der Waals surface area contributed by atoms with E-state index in [9.17, 15) is 10.3 Å². The van der Waals surface area contributed by atoms with Gasteiger partial charge in [-0.15, -0.1) is 0 Å². The van der Waals surface area contributed by atoms with E-state index in [0.29, 0.717) is 22.8 Å². The third kappa shape index (κ3) is 4.79. The van der Waals surface area contributed by atoms with Crippen LogP contribution in [0.1, 0.15) is 40.3 Å². The molecule has 3 rings (SSSR count). The summed E-state index contributed by atoms with van der Waals surface area (Å²) in [5.74, 6) is -0.0259. The van der Waals surface area contributed by atoms with Crippen LogP contribution in [-0.4, -0.2) is 21.0 Å². The zero-order valence-electron chi connectivity index (χ0n) is 15.3. The van der Waals surface area contributed by atoms with E-state index in [1.807, 2.05) is 37.3 Å². The van der Waals surface area contributed by atoms with Crippen molar-refractivity contribution in [2.24, 2.45) is 5.16 Å². The Bertz CT molecular complexity index is 990. The third-order valence-electron chi connectivity index (χ3n) is 4.71. The number of hydrogen-bond donors (Lipinski definition) is 2. The highest BCUT2D eigenvalue weighted by molar-refractivity contribution is 9.10. The summed E-state index contributed by atoms with van der Waals surface area (Å²) < 4.78 is 1.00. The Kier molecular flexibility index (Phi) is 6.83. The van der Waals surface area contributed by atoms with Gasteiger partial charge >= 0.3 is 0 Å². The molecule has 1 atom stereocenters. The molecule has 1 heterocycles. The van der Waals surface area contributed by atoms with Gasteiger partial charge < -0.3 is 10.3 Å². The monoisotopic (exact) mass is 458 g/mol. The number of halogens is 2. The second-order valence-corrected chi connectivity index (χ2v) is 7.90. The van der Waals surface area contributed by atoms with E-state index in [4.69, 9.17) is 11.6 Å². The number of pyridine rings is 1. The van der Waals surface area contributed by atoms with Gasteiger partial charge in [0.1, 0.15) is 0 Å². The molecular formula is C22H20BrClN2O2. The number of rotatable bonds is 6. The summed E-state index contributed by atoms with van der Waals surface area (Å²) in [6, 6.07) is 17.5. The predicted octanol–water partition coefficient (Wildman–Crippen LogP) is 5.70. The number of aliphatic hydroxyl groups excluding tert-OH is 1. The number of aromatic nitrogens is 1. The van der Waals surface area contributed by atoms with E-state index in [1.54, 1.807) is 18.3 Å². The average molecular weight is 460 g/mol. The Hall–Kier alpha value is -2.21. The molecule has 0 saturated carbocycles. The van der Waals surface area contributed by atoms with E-state index in [1.165, 1.54) is 0 Å². The van der Waals surface area contributed by atoms with Crippen LogP contribution in [0.25, 0.3) is 0 Å². The molecule has 0 fully saturated rings. The zero-order chi connectivity index (χ0) is 20.1. The standard InChI is InChI=1S/C22H20BrClN2O2/c1-14-10-18(24)6-7-20(14)21(15-2-4-17(23)5-3-15)12-22(26-28)16-8-9-25-19(11-16)13-27/h2-11,21,27-28H,12-13H2,1H3. The molecule has 1 aromatic heterocycles. The molecule has 2 aromatic carbocycles. The van der Waals surface area contributed by atoms with Crippen molar-refractivity contribution in [1.29, 1.82) is 0 Å². The minimum absolute atomic E-state index is 0.0259. The predicted molar refractivity (Wildman–Crippen MR) is 115 cm³/mol. The molecule has 0 spiro atoms. The highest BCUT2D eigenvalue weighted by Crippen LogP contribution is 2.33. The van der Waals surface area contributed by atoms with Crippen LogP contribution >= 0.6 is 27.5 Å². The van der Waals surface area contributed by atoms with Crippen LogP contribution in [0.15, 0.2) is 70.4 Å². The van der Waals surface area contributed by atoms with Gasteiger partial charge in [0.05, 0.1) is 18.0 Å². The molecule has 3 aromatic rings. The molecule has 0 aliphatic heterocycles. The van der Waals surface area contributed by atoms with Gasteiger partial charge in [0, 0.05) is 33.6 Å². The largest absolute Gasteiger partial charge is 0.411 e. The van der Waals surface area contributed by atoms with Gasteiger partial charge in [-0.25, -0.2) is 0 Å². The van der Waals surface area contributed by atoms with Crippen LogP contribution < -0.4 is 0 Å². The van der Waals surface area contributed by atoms with Gasteiger partial charge in [0.25, 0.3) is 0 Å². The topological polar surface area (TPSA) is 65.7 Å². The van der Waals surface area contributed by atoms with Crippen LogP contribution in [-0.2, 0) is 6.61 Å². The molecule has 0 saturated heterocycles. The molecule has 0 aliphatic rings. The number of oxime groups is 1. The maximum absolute atomic E-state index is 9.72. The highest BCUT2D eigenvalue weighted by Gasteiger charge is 2.21. The first kappa shape index (κ1) is 20.5. The minimum Gasteiger partial charge on any atom is -0.411 e. The van der Waals surface area contributed by atoms with Gasteiger partial charge in [0.2, 0.25) is 0 Å². The molecule has 0 aliphatic carbocycles. The van der Waals surface area contributed by atoms with Crippen molar-refractivity contribution in [2.75, 3.05) is 0 Å². The Morgan fingerprint density at radius 1 is 1.14 bits per heavy atom. The van der Waals surface area contributed by atoms with Crippen molar-refractivity contribution in [2.45, 2.75) is 25.9 Å². The Morgan fingerprint density at radius 3 is 2.54 bits per heavy atom. The van der Waals surface area contributed by atoms with Crippen molar-refractivity contribution in [3.05, 3.63) is 98.2 Å².